The van der Waals surface area contributed by atoms with E-state index in [2.05, 4.69) is 41.5 Å². The second-order valence-corrected chi connectivity index (χ2v) is 7.14. The van der Waals surface area contributed by atoms with E-state index in [4.69, 9.17) is 13.0 Å². The normalized spacial score (nSPS) is 11.7. The minimum Gasteiger partial charge on any atom is -0.741 e. The molecule has 0 aliphatic heterocycles. The summed E-state index contributed by atoms with van der Waals surface area (Å²) in [4.78, 5) is 0. The lowest BCUT2D eigenvalue weighted by atomic mass is 10.1. The second-order valence-electron chi connectivity index (χ2n) is 5.77. The zero-order valence-electron chi connectivity index (χ0n) is 14.5. The zero-order chi connectivity index (χ0) is 19.3. The molecule has 0 aliphatic rings. The molecule has 0 aromatic carbocycles. The van der Waals surface area contributed by atoms with Crippen LogP contribution in [0.4, 0.5) is 13.2 Å². The molecule has 0 unspecified atom stereocenters. The largest absolute Gasteiger partial charge is 0.741 e. The van der Waals surface area contributed by atoms with Gasteiger partial charge in [-0.25, -0.2) is 17.6 Å². The molecule has 0 spiro atoms. The summed E-state index contributed by atoms with van der Waals surface area (Å²) >= 11 is 0. The summed E-state index contributed by atoms with van der Waals surface area (Å²) in [6.07, 6.45) is 19.2. The van der Waals surface area contributed by atoms with Gasteiger partial charge in [-0.05, 0) is 25.7 Å². The number of alkyl halides is 3. The highest BCUT2D eigenvalue weighted by Crippen LogP contribution is 2.20. The zero-order valence-corrected chi connectivity index (χ0v) is 15.4. The van der Waals surface area contributed by atoms with E-state index in [1.54, 1.807) is 0 Å². The van der Waals surface area contributed by atoms with Gasteiger partial charge in [0.05, 0.1) is 13.6 Å². The van der Waals surface area contributed by atoms with Crippen molar-refractivity contribution < 1.29 is 30.7 Å². The Kier molecular flexibility index (Phi) is 11.4. The molecule has 1 aromatic rings. The molecular weight excluding hydrogens is 357 g/mol. The van der Waals surface area contributed by atoms with Gasteiger partial charge in [0, 0.05) is 0 Å². The third-order valence-electron chi connectivity index (χ3n) is 3.43. The van der Waals surface area contributed by atoms with Gasteiger partial charge in [0.25, 0.3) is 0 Å². The predicted molar refractivity (Wildman–Crippen MR) is 88.5 cm³/mol. The molecule has 0 saturated heterocycles. The van der Waals surface area contributed by atoms with Crippen molar-refractivity contribution in [3.8, 4) is 0 Å². The average molecular weight is 384 g/mol. The molecule has 0 bridgehead atoms. The van der Waals surface area contributed by atoms with Crippen LogP contribution >= 0.6 is 0 Å². The number of rotatable bonds is 10. The lowest BCUT2D eigenvalue weighted by Gasteiger charge is -2.08. The van der Waals surface area contributed by atoms with Crippen LogP contribution in [-0.2, 0) is 23.7 Å². The van der Waals surface area contributed by atoms with Crippen LogP contribution in [0.3, 0.4) is 0 Å². The number of hydrogen-bond donors (Lipinski definition) is 0. The van der Waals surface area contributed by atoms with Gasteiger partial charge in [-0.15, -0.1) is 6.58 Å². The lowest BCUT2D eigenvalue weighted by Crippen LogP contribution is -2.23. The average Bonchev–Trinajstić information content (AvgIpc) is 2.90. The predicted octanol–water partition coefficient (Wildman–Crippen LogP) is 3.67. The van der Waals surface area contributed by atoms with Gasteiger partial charge >= 0.3 is 5.51 Å². The summed E-state index contributed by atoms with van der Waals surface area (Å²) in [7, 11) is -4.02. The maximum Gasteiger partial charge on any atom is 0.485 e. The first kappa shape index (κ1) is 23.6. The van der Waals surface area contributed by atoms with Crippen molar-refractivity contribution in [3.63, 3.8) is 0 Å². The summed E-state index contributed by atoms with van der Waals surface area (Å²) in [5, 5.41) is 0. The van der Waals surface area contributed by atoms with E-state index in [0.717, 1.165) is 6.54 Å². The van der Waals surface area contributed by atoms with Gasteiger partial charge in [0.2, 0.25) is 6.33 Å². The first-order valence-corrected chi connectivity index (χ1v) is 9.63. The monoisotopic (exact) mass is 384 g/mol. The number of aromatic nitrogens is 2. The van der Waals surface area contributed by atoms with E-state index in [-0.39, 0.29) is 0 Å². The van der Waals surface area contributed by atoms with E-state index in [1.165, 1.54) is 51.4 Å². The summed E-state index contributed by atoms with van der Waals surface area (Å²) in [5.41, 5.74) is -5.65. The van der Waals surface area contributed by atoms with Gasteiger partial charge in [0.15, 0.2) is 10.1 Å². The molecule has 0 atom stereocenters. The topological polar surface area (TPSA) is 66.0 Å². The summed E-state index contributed by atoms with van der Waals surface area (Å²) in [6.45, 7) is 4.91. The molecule has 1 aromatic heterocycles. The Hall–Kier alpha value is -1.35. The summed E-state index contributed by atoms with van der Waals surface area (Å²) in [6, 6.07) is 0. The lowest BCUT2D eigenvalue weighted by molar-refractivity contribution is -0.671. The second kappa shape index (κ2) is 12.1. The third-order valence-corrected chi connectivity index (χ3v) is 4.00. The first-order valence-electron chi connectivity index (χ1n) is 8.22. The van der Waals surface area contributed by atoms with Crippen LogP contribution in [0.15, 0.2) is 31.4 Å². The number of hydrogen-bond acceptors (Lipinski definition) is 3. The Balaban J connectivity index is 0.000000609. The molecule has 0 saturated carbocycles. The maximum absolute atomic E-state index is 10.7. The molecule has 1 rings (SSSR count). The molecule has 25 heavy (non-hydrogen) atoms. The van der Waals surface area contributed by atoms with Crippen molar-refractivity contribution in [2.45, 2.75) is 63.4 Å². The van der Waals surface area contributed by atoms with E-state index < -0.39 is 15.6 Å². The number of allylic oxidation sites excluding steroid dienone is 1. The Labute approximate surface area is 147 Å². The molecule has 0 N–H and O–H groups in total. The van der Waals surface area contributed by atoms with Crippen LogP contribution in [0.25, 0.3) is 0 Å². The van der Waals surface area contributed by atoms with Crippen molar-refractivity contribution in [2.24, 2.45) is 7.05 Å². The Bertz CT molecular complexity index is 584. The SMILES string of the molecule is C=CCCCCCCCCCn1cc[n+](C)c1.O=S(=O)([O-])C(F)(F)F. The number of aryl methyl sites for hydroxylation is 2. The molecular formula is C16H27F3N2O3S. The fourth-order valence-corrected chi connectivity index (χ4v) is 2.10. The number of halogens is 3. The standard InChI is InChI=1S/C15H27N2.CHF3O3S/c1-3-4-5-6-7-8-9-10-11-12-17-14-13-16(2)15-17;2-1(3,4)8(5,6)7/h3,13-15H,1,4-12H2,2H3;(H,5,6,7)/q+1;/p-1. The highest BCUT2D eigenvalue weighted by molar-refractivity contribution is 7.86. The molecule has 5 nitrogen and oxygen atoms in total. The van der Waals surface area contributed by atoms with Gasteiger partial charge in [-0.2, -0.15) is 13.2 Å². The van der Waals surface area contributed by atoms with Gasteiger partial charge in [-0.1, -0.05) is 31.8 Å². The van der Waals surface area contributed by atoms with Crippen LogP contribution in [0, 0.1) is 0 Å². The highest BCUT2D eigenvalue weighted by Gasteiger charge is 2.36. The van der Waals surface area contributed by atoms with Gasteiger partial charge < -0.3 is 4.55 Å². The van der Waals surface area contributed by atoms with Crippen molar-refractivity contribution in [1.29, 1.82) is 0 Å². The van der Waals surface area contributed by atoms with E-state index in [0.29, 0.717) is 0 Å². The quantitative estimate of drug-likeness (QED) is 0.203. The minimum absolute atomic E-state index is 1.16. The molecule has 1 heterocycles. The van der Waals surface area contributed by atoms with Crippen molar-refractivity contribution in [3.05, 3.63) is 31.4 Å². The molecule has 0 aliphatic carbocycles. The van der Waals surface area contributed by atoms with E-state index in [1.807, 2.05) is 6.08 Å². The number of imidazole rings is 1. The minimum atomic E-state index is -6.09. The summed E-state index contributed by atoms with van der Waals surface area (Å²) in [5.74, 6) is 0. The Morgan fingerprint density at radius 3 is 2.00 bits per heavy atom. The van der Waals surface area contributed by atoms with Crippen molar-refractivity contribution >= 4 is 10.1 Å². The molecule has 9 heteroatoms. The van der Waals surface area contributed by atoms with E-state index in [9.17, 15) is 13.2 Å². The Morgan fingerprint density at radius 2 is 1.60 bits per heavy atom. The van der Waals surface area contributed by atoms with Crippen LogP contribution in [0.2, 0.25) is 0 Å². The fraction of sp³-hybridized carbons (Fsp3) is 0.688. The van der Waals surface area contributed by atoms with Crippen molar-refractivity contribution in [1.82, 2.24) is 4.57 Å². The maximum atomic E-state index is 10.7. The van der Waals surface area contributed by atoms with Crippen molar-refractivity contribution in [2.75, 3.05) is 0 Å². The Morgan fingerprint density at radius 1 is 1.12 bits per heavy atom. The van der Waals surface area contributed by atoms with Gasteiger partial charge in [0.1, 0.15) is 12.4 Å². The molecule has 0 radical (unpaired) electrons. The molecule has 0 amide bonds. The van der Waals surface area contributed by atoms with Gasteiger partial charge in [-0.3, -0.25) is 0 Å². The molecule has 0 fully saturated rings. The summed E-state index contributed by atoms with van der Waals surface area (Å²) < 4.78 is 63.3. The first-order chi connectivity index (χ1) is 11.6. The number of nitrogens with zero attached hydrogens (tertiary/aromatic N) is 2. The van der Waals surface area contributed by atoms with E-state index >= 15 is 0 Å². The highest BCUT2D eigenvalue weighted by atomic mass is 32.2. The van der Waals surface area contributed by atoms with Crippen LogP contribution in [0.5, 0.6) is 0 Å². The van der Waals surface area contributed by atoms with Crippen LogP contribution in [-0.4, -0.2) is 23.0 Å². The fourth-order valence-electron chi connectivity index (χ4n) is 2.10. The smallest absolute Gasteiger partial charge is 0.485 e. The van der Waals surface area contributed by atoms with Crippen LogP contribution in [0.1, 0.15) is 51.4 Å². The molecule has 146 valence electrons. The van der Waals surface area contributed by atoms with Crippen LogP contribution < -0.4 is 4.57 Å². The number of unbranched alkanes of at least 4 members (excludes halogenated alkanes) is 7. The third kappa shape index (κ3) is 12.6.